The fourth-order valence-corrected chi connectivity index (χ4v) is 2.20. The number of benzene rings is 1. The average molecular weight is 262 g/mol. The van der Waals surface area contributed by atoms with Gasteiger partial charge < -0.3 is 10.1 Å². The second-order valence-corrected chi connectivity index (χ2v) is 4.48. The molecule has 1 unspecified atom stereocenters. The number of rotatable bonds is 4. The highest BCUT2D eigenvalue weighted by Crippen LogP contribution is 2.14. The van der Waals surface area contributed by atoms with Crippen molar-refractivity contribution in [3.8, 4) is 0 Å². The Kier molecular flexibility index (Phi) is 4.39. The maximum atomic E-state index is 12.0. The molecule has 0 aromatic heterocycles. The van der Waals surface area contributed by atoms with E-state index >= 15 is 0 Å². The van der Waals surface area contributed by atoms with E-state index in [4.69, 9.17) is 4.74 Å². The number of nitrogens with one attached hydrogen (secondary N) is 1. The molecule has 1 saturated heterocycles. The second-order valence-electron chi connectivity index (χ2n) is 4.48. The van der Waals surface area contributed by atoms with Crippen molar-refractivity contribution in [2.75, 3.05) is 20.2 Å². The Hall–Kier alpha value is -2.04. The molecule has 1 atom stereocenters. The van der Waals surface area contributed by atoms with Crippen molar-refractivity contribution < 1.29 is 14.3 Å². The molecular formula is C14H18N2O3. The summed E-state index contributed by atoms with van der Waals surface area (Å²) in [5.74, 6) is -0.164. The number of carbonyl (C=O) groups is 2. The maximum Gasteiger partial charge on any atom is 0.410 e. The molecule has 1 heterocycles. The lowest BCUT2D eigenvalue weighted by Crippen LogP contribution is -2.52. The first-order valence-corrected chi connectivity index (χ1v) is 6.41. The van der Waals surface area contributed by atoms with Crippen LogP contribution in [0.3, 0.4) is 0 Å². The van der Waals surface area contributed by atoms with Gasteiger partial charge in [0.1, 0.15) is 6.04 Å². The van der Waals surface area contributed by atoms with Crippen LogP contribution in [0, 0.1) is 0 Å². The number of amides is 2. The number of nitrogens with zero attached hydrogens (tertiary/aromatic N) is 1. The summed E-state index contributed by atoms with van der Waals surface area (Å²) in [5, 5.41) is 2.61. The molecule has 2 rings (SSSR count). The molecule has 5 heteroatoms. The van der Waals surface area contributed by atoms with Crippen molar-refractivity contribution in [1.29, 1.82) is 0 Å². The first-order valence-electron chi connectivity index (χ1n) is 6.41. The SMILES string of the molecule is CNC(=O)C(Cc1ccccc1)N1CCCOC1=O. The third kappa shape index (κ3) is 3.24. The van der Waals surface area contributed by atoms with Crippen molar-refractivity contribution >= 4 is 12.0 Å². The van der Waals surface area contributed by atoms with Crippen molar-refractivity contribution in [2.24, 2.45) is 0 Å². The first kappa shape index (κ1) is 13.4. The molecule has 5 nitrogen and oxygen atoms in total. The van der Waals surface area contributed by atoms with Gasteiger partial charge in [-0.3, -0.25) is 9.69 Å². The quantitative estimate of drug-likeness (QED) is 0.886. The van der Waals surface area contributed by atoms with Crippen molar-refractivity contribution in [3.63, 3.8) is 0 Å². The summed E-state index contributed by atoms with van der Waals surface area (Å²) in [4.78, 5) is 25.3. The fourth-order valence-electron chi connectivity index (χ4n) is 2.20. The van der Waals surface area contributed by atoms with Crippen LogP contribution in [0.4, 0.5) is 4.79 Å². The minimum absolute atomic E-state index is 0.164. The van der Waals surface area contributed by atoms with Crippen LogP contribution in [0.2, 0.25) is 0 Å². The molecule has 1 N–H and O–H groups in total. The van der Waals surface area contributed by atoms with Gasteiger partial charge in [0, 0.05) is 20.0 Å². The Morgan fingerprint density at radius 2 is 2.16 bits per heavy atom. The third-order valence-electron chi connectivity index (χ3n) is 3.20. The molecule has 0 saturated carbocycles. The number of carbonyl (C=O) groups excluding carboxylic acids is 2. The summed E-state index contributed by atoms with van der Waals surface area (Å²) in [6.07, 6.45) is 0.847. The van der Waals surface area contributed by atoms with Crippen LogP contribution in [0.1, 0.15) is 12.0 Å². The summed E-state index contributed by atoms with van der Waals surface area (Å²) < 4.78 is 5.01. The Bertz CT molecular complexity index is 447. The van der Waals surface area contributed by atoms with E-state index in [0.717, 1.165) is 12.0 Å². The summed E-state index contributed by atoms with van der Waals surface area (Å²) in [6.45, 7) is 0.991. The Balaban J connectivity index is 2.16. The molecule has 0 radical (unpaired) electrons. The van der Waals surface area contributed by atoms with Gasteiger partial charge in [-0.1, -0.05) is 30.3 Å². The van der Waals surface area contributed by atoms with Gasteiger partial charge in [-0.15, -0.1) is 0 Å². The lowest BCUT2D eigenvalue weighted by molar-refractivity contribution is -0.126. The molecule has 0 bridgehead atoms. The molecule has 1 aromatic carbocycles. The predicted octanol–water partition coefficient (Wildman–Crippen LogP) is 1.19. The van der Waals surface area contributed by atoms with E-state index in [2.05, 4.69) is 5.32 Å². The lowest BCUT2D eigenvalue weighted by atomic mass is 10.0. The van der Waals surface area contributed by atoms with Gasteiger partial charge in [-0.05, 0) is 12.0 Å². The van der Waals surface area contributed by atoms with Crippen LogP contribution >= 0.6 is 0 Å². The number of ether oxygens (including phenoxy) is 1. The van der Waals surface area contributed by atoms with Crippen molar-refractivity contribution in [2.45, 2.75) is 18.9 Å². The Labute approximate surface area is 112 Å². The summed E-state index contributed by atoms with van der Waals surface area (Å²) in [6, 6.07) is 9.15. The predicted molar refractivity (Wildman–Crippen MR) is 70.7 cm³/mol. The fraction of sp³-hybridized carbons (Fsp3) is 0.429. The monoisotopic (exact) mass is 262 g/mol. The highest BCUT2D eigenvalue weighted by molar-refractivity contribution is 5.85. The van der Waals surface area contributed by atoms with Gasteiger partial charge in [0.25, 0.3) is 0 Å². The van der Waals surface area contributed by atoms with Gasteiger partial charge >= 0.3 is 6.09 Å². The van der Waals surface area contributed by atoms with E-state index < -0.39 is 12.1 Å². The lowest BCUT2D eigenvalue weighted by Gasteiger charge is -2.32. The van der Waals surface area contributed by atoms with Crippen LogP contribution in [0.15, 0.2) is 30.3 Å². The van der Waals surface area contributed by atoms with Crippen LogP contribution in [0.25, 0.3) is 0 Å². The van der Waals surface area contributed by atoms with Gasteiger partial charge in [0.05, 0.1) is 6.61 Å². The molecule has 2 amide bonds. The van der Waals surface area contributed by atoms with Gasteiger partial charge in [0.2, 0.25) is 5.91 Å². The summed E-state index contributed by atoms with van der Waals surface area (Å²) in [7, 11) is 1.58. The van der Waals surface area contributed by atoms with E-state index in [0.29, 0.717) is 19.6 Å². The summed E-state index contributed by atoms with van der Waals surface area (Å²) >= 11 is 0. The zero-order valence-corrected chi connectivity index (χ0v) is 11.0. The molecule has 102 valence electrons. The molecule has 0 spiro atoms. The molecular weight excluding hydrogens is 244 g/mol. The smallest absolute Gasteiger partial charge is 0.410 e. The minimum Gasteiger partial charge on any atom is -0.449 e. The van der Waals surface area contributed by atoms with E-state index in [1.807, 2.05) is 30.3 Å². The topological polar surface area (TPSA) is 58.6 Å². The highest BCUT2D eigenvalue weighted by atomic mass is 16.6. The average Bonchev–Trinajstić information content (AvgIpc) is 2.46. The highest BCUT2D eigenvalue weighted by Gasteiger charge is 2.32. The largest absolute Gasteiger partial charge is 0.449 e. The number of hydrogen-bond donors (Lipinski definition) is 1. The molecule has 1 fully saturated rings. The maximum absolute atomic E-state index is 12.0. The zero-order chi connectivity index (χ0) is 13.7. The third-order valence-corrected chi connectivity index (χ3v) is 3.20. The normalized spacial score (nSPS) is 16.7. The molecule has 1 aromatic rings. The van der Waals surface area contributed by atoms with E-state index in [1.54, 1.807) is 7.05 Å². The first-order chi connectivity index (χ1) is 9.22. The second kappa shape index (κ2) is 6.22. The molecule has 19 heavy (non-hydrogen) atoms. The Morgan fingerprint density at radius 3 is 2.79 bits per heavy atom. The minimum atomic E-state index is -0.514. The van der Waals surface area contributed by atoms with Crippen LogP contribution < -0.4 is 5.32 Å². The summed E-state index contributed by atoms with van der Waals surface area (Å²) in [5.41, 5.74) is 1.02. The van der Waals surface area contributed by atoms with Gasteiger partial charge in [-0.25, -0.2) is 4.79 Å². The van der Waals surface area contributed by atoms with Gasteiger partial charge in [-0.2, -0.15) is 0 Å². The Morgan fingerprint density at radius 1 is 1.42 bits per heavy atom. The van der Waals surface area contributed by atoms with Crippen LogP contribution in [-0.2, 0) is 16.0 Å². The van der Waals surface area contributed by atoms with Gasteiger partial charge in [0.15, 0.2) is 0 Å². The van der Waals surface area contributed by atoms with E-state index in [-0.39, 0.29) is 5.91 Å². The number of likely N-dealkylation sites (N-methyl/N-ethyl adjacent to an activating group) is 1. The molecule has 0 aliphatic carbocycles. The standard InChI is InChI=1S/C14H18N2O3/c1-15-13(17)12(10-11-6-3-2-4-7-11)16-8-5-9-19-14(16)18/h2-4,6-7,12H,5,8-10H2,1H3,(H,15,17). The zero-order valence-electron chi connectivity index (χ0n) is 11.0. The van der Waals surface area contributed by atoms with Crippen LogP contribution in [-0.4, -0.2) is 43.1 Å². The van der Waals surface area contributed by atoms with E-state index in [1.165, 1.54) is 4.90 Å². The number of cyclic esters (lactones) is 1. The van der Waals surface area contributed by atoms with Crippen molar-refractivity contribution in [3.05, 3.63) is 35.9 Å². The molecule has 1 aliphatic rings. The van der Waals surface area contributed by atoms with Crippen molar-refractivity contribution in [1.82, 2.24) is 10.2 Å². The van der Waals surface area contributed by atoms with E-state index in [9.17, 15) is 9.59 Å². The van der Waals surface area contributed by atoms with Crippen LogP contribution in [0.5, 0.6) is 0 Å². The molecule has 1 aliphatic heterocycles. The number of hydrogen-bond acceptors (Lipinski definition) is 3.